The molecule has 2 rings (SSSR count). The van der Waals surface area contributed by atoms with E-state index >= 15 is 0 Å². The number of carboxylic acid groups (broad SMARTS) is 1. The number of carbonyl (C=O) groups is 1. The highest BCUT2D eigenvalue weighted by atomic mass is 16.4. The molecular formula is C16H24N2O2. The SMILES string of the molecule is CCN(CC)C1CCN(c2ccc(C(=O)O)cc2C)C1. The maximum Gasteiger partial charge on any atom is 0.335 e. The topological polar surface area (TPSA) is 43.8 Å². The maximum absolute atomic E-state index is 11.0. The van der Waals surface area contributed by atoms with Crippen molar-refractivity contribution in [1.82, 2.24) is 4.90 Å². The third-order valence-electron chi connectivity index (χ3n) is 4.28. The number of aryl methyl sites for hydroxylation is 1. The van der Waals surface area contributed by atoms with Gasteiger partial charge in [-0.05, 0) is 50.2 Å². The molecule has 0 spiro atoms. The van der Waals surface area contributed by atoms with Crippen LogP contribution in [-0.2, 0) is 0 Å². The third kappa shape index (κ3) is 2.96. The van der Waals surface area contributed by atoms with Crippen molar-refractivity contribution in [1.29, 1.82) is 0 Å². The van der Waals surface area contributed by atoms with Gasteiger partial charge in [0.15, 0.2) is 0 Å². The summed E-state index contributed by atoms with van der Waals surface area (Å²) in [7, 11) is 0. The van der Waals surface area contributed by atoms with Crippen LogP contribution >= 0.6 is 0 Å². The molecule has 20 heavy (non-hydrogen) atoms. The van der Waals surface area contributed by atoms with Crippen molar-refractivity contribution in [3.63, 3.8) is 0 Å². The van der Waals surface area contributed by atoms with Crippen molar-refractivity contribution in [2.75, 3.05) is 31.1 Å². The van der Waals surface area contributed by atoms with Gasteiger partial charge in [0.25, 0.3) is 0 Å². The van der Waals surface area contributed by atoms with Crippen molar-refractivity contribution in [3.05, 3.63) is 29.3 Å². The fraction of sp³-hybridized carbons (Fsp3) is 0.562. The van der Waals surface area contributed by atoms with E-state index in [0.29, 0.717) is 11.6 Å². The second kappa shape index (κ2) is 6.27. The Morgan fingerprint density at radius 1 is 1.40 bits per heavy atom. The smallest absolute Gasteiger partial charge is 0.335 e. The van der Waals surface area contributed by atoms with Crippen molar-refractivity contribution < 1.29 is 9.90 Å². The van der Waals surface area contributed by atoms with Crippen LogP contribution in [0.5, 0.6) is 0 Å². The van der Waals surface area contributed by atoms with Crippen LogP contribution in [0.4, 0.5) is 5.69 Å². The lowest BCUT2D eigenvalue weighted by atomic mass is 10.1. The molecule has 1 fully saturated rings. The summed E-state index contributed by atoms with van der Waals surface area (Å²) >= 11 is 0. The summed E-state index contributed by atoms with van der Waals surface area (Å²) in [5.74, 6) is -0.859. The standard InChI is InChI=1S/C16H24N2O2/c1-4-17(5-2)14-8-9-18(11-14)15-7-6-13(16(19)20)10-12(15)3/h6-7,10,14H,4-5,8-9,11H2,1-3H3,(H,19,20). The Kier molecular flexibility index (Phi) is 4.65. The molecule has 1 aliphatic heterocycles. The Balaban J connectivity index is 2.12. The van der Waals surface area contributed by atoms with Crippen LogP contribution in [0.3, 0.4) is 0 Å². The quantitative estimate of drug-likeness (QED) is 0.898. The summed E-state index contributed by atoms with van der Waals surface area (Å²) in [6, 6.07) is 6.03. The molecule has 0 bridgehead atoms. The van der Waals surface area contributed by atoms with Crippen LogP contribution in [0, 0.1) is 6.92 Å². The van der Waals surface area contributed by atoms with Gasteiger partial charge >= 0.3 is 5.97 Å². The van der Waals surface area contributed by atoms with E-state index in [1.165, 1.54) is 12.1 Å². The molecule has 1 aliphatic rings. The van der Waals surface area contributed by atoms with E-state index in [4.69, 9.17) is 5.11 Å². The molecule has 4 nitrogen and oxygen atoms in total. The van der Waals surface area contributed by atoms with Gasteiger partial charge in [0.1, 0.15) is 0 Å². The number of anilines is 1. The van der Waals surface area contributed by atoms with E-state index in [2.05, 4.69) is 23.6 Å². The molecule has 0 radical (unpaired) electrons. The minimum absolute atomic E-state index is 0.366. The predicted octanol–water partition coefficient (Wildman–Crippen LogP) is 2.61. The van der Waals surface area contributed by atoms with Crippen molar-refractivity contribution in [2.45, 2.75) is 33.2 Å². The lowest BCUT2D eigenvalue weighted by Crippen LogP contribution is -2.37. The fourth-order valence-electron chi connectivity index (χ4n) is 3.14. The average Bonchev–Trinajstić information content (AvgIpc) is 2.89. The molecular weight excluding hydrogens is 252 g/mol. The van der Waals surface area contributed by atoms with Crippen LogP contribution in [0.25, 0.3) is 0 Å². The Bertz CT molecular complexity index is 483. The predicted molar refractivity (Wildman–Crippen MR) is 81.7 cm³/mol. The normalized spacial score (nSPS) is 18.8. The van der Waals surface area contributed by atoms with E-state index in [9.17, 15) is 4.79 Å². The number of benzene rings is 1. The van der Waals surface area contributed by atoms with Gasteiger partial charge in [-0.25, -0.2) is 4.79 Å². The minimum atomic E-state index is -0.859. The monoisotopic (exact) mass is 276 g/mol. The van der Waals surface area contributed by atoms with Gasteiger partial charge in [0.05, 0.1) is 5.56 Å². The summed E-state index contributed by atoms with van der Waals surface area (Å²) in [4.78, 5) is 15.9. The first kappa shape index (κ1) is 14.9. The van der Waals surface area contributed by atoms with Gasteiger partial charge in [-0.1, -0.05) is 13.8 Å². The Labute approximate surface area is 121 Å². The Hall–Kier alpha value is -1.55. The first-order chi connectivity index (χ1) is 9.56. The molecule has 1 unspecified atom stereocenters. The van der Waals surface area contributed by atoms with Gasteiger partial charge in [0.2, 0.25) is 0 Å². The van der Waals surface area contributed by atoms with Crippen LogP contribution in [0.2, 0.25) is 0 Å². The maximum atomic E-state index is 11.0. The number of hydrogen-bond acceptors (Lipinski definition) is 3. The zero-order valence-corrected chi connectivity index (χ0v) is 12.6. The molecule has 1 aromatic rings. The summed E-state index contributed by atoms with van der Waals surface area (Å²) in [5, 5.41) is 9.02. The Morgan fingerprint density at radius 2 is 2.10 bits per heavy atom. The second-order valence-corrected chi connectivity index (χ2v) is 5.42. The zero-order valence-electron chi connectivity index (χ0n) is 12.6. The molecule has 1 saturated heterocycles. The first-order valence-electron chi connectivity index (χ1n) is 7.39. The van der Waals surface area contributed by atoms with Gasteiger partial charge in [-0.2, -0.15) is 0 Å². The Morgan fingerprint density at radius 3 is 2.65 bits per heavy atom. The number of aromatic carboxylic acids is 1. The summed E-state index contributed by atoms with van der Waals surface area (Å²) in [6.45, 7) is 10.7. The van der Waals surface area contributed by atoms with E-state index in [0.717, 1.165) is 31.7 Å². The van der Waals surface area contributed by atoms with E-state index in [1.807, 2.05) is 13.0 Å². The van der Waals surface area contributed by atoms with Gasteiger partial charge in [0, 0.05) is 24.8 Å². The molecule has 1 heterocycles. The highest BCUT2D eigenvalue weighted by Crippen LogP contribution is 2.27. The van der Waals surface area contributed by atoms with Crippen molar-refractivity contribution in [2.24, 2.45) is 0 Å². The summed E-state index contributed by atoms with van der Waals surface area (Å²) in [5.41, 5.74) is 2.58. The van der Waals surface area contributed by atoms with Gasteiger partial charge in [-0.3, -0.25) is 4.90 Å². The molecule has 1 N–H and O–H groups in total. The lowest BCUT2D eigenvalue weighted by molar-refractivity contribution is 0.0697. The van der Waals surface area contributed by atoms with Crippen LogP contribution in [0.1, 0.15) is 36.2 Å². The summed E-state index contributed by atoms with van der Waals surface area (Å²) in [6.07, 6.45) is 1.18. The number of rotatable bonds is 5. The number of carboxylic acids is 1. The van der Waals surface area contributed by atoms with E-state index < -0.39 is 5.97 Å². The molecule has 0 aliphatic carbocycles. The summed E-state index contributed by atoms with van der Waals surface area (Å²) < 4.78 is 0. The number of hydrogen-bond donors (Lipinski definition) is 1. The van der Waals surface area contributed by atoms with Gasteiger partial charge in [-0.15, -0.1) is 0 Å². The van der Waals surface area contributed by atoms with Crippen molar-refractivity contribution >= 4 is 11.7 Å². The van der Waals surface area contributed by atoms with E-state index in [1.54, 1.807) is 12.1 Å². The average molecular weight is 276 g/mol. The largest absolute Gasteiger partial charge is 0.478 e. The molecule has 1 atom stereocenters. The van der Waals surface area contributed by atoms with Gasteiger partial charge < -0.3 is 10.0 Å². The fourth-order valence-corrected chi connectivity index (χ4v) is 3.14. The third-order valence-corrected chi connectivity index (χ3v) is 4.28. The highest BCUT2D eigenvalue weighted by Gasteiger charge is 2.27. The number of nitrogens with zero attached hydrogens (tertiary/aromatic N) is 2. The van der Waals surface area contributed by atoms with Crippen molar-refractivity contribution in [3.8, 4) is 0 Å². The molecule has 0 saturated carbocycles. The molecule has 4 heteroatoms. The number of likely N-dealkylation sites (N-methyl/N-ethyl adjacent to an activating group) is 1. The zero-order chi connectivity index (χ0) is 14.7. The lowest BCUT2D eigenvalue weighted by Gasteiger charge is -2.27. The van der Waals surface area contributed by atoms with E-state index in [-0.39, 0.29) is 0 Å². The molecule has 0 aromatic heterocycles. The second-order valence-electron chi connectivity index (χ2n) is 5.42. The highest BCUT2D eigenvalue weighted by molar-refractivity contribution is 5.88. The minimum Gasteiger partial charge on any atom is -0.478 e. The molecule has 110 valence electrons. The van der Waals surface area contributed by atoms with Crippen LogP contribution in [-0.4, -0.2) is 48.2 Å². The van der Waals surface area contributed by atoms with Crippen LogP contribution in [0.15, 0.2) is 18.2 Å². The van der Waals surface area contributed by atoms with Crippen LogP contribution < -0.4 is 4.90 Å². The molecule has 0 amide bonds. The first-order valence-corrected chi connectivity index (χ1v) is 7.39. The molecule has 1 aromatic carbocycles.